The number of aryl methyl sites for hydroxylation is 3. The van der Waals surface area contributed by atoms with Crippen molar-refractivity contribution in [3.8, 4) is 5.88 Å². The zero-order valence-corrected chi connectivity index (χ0v) is 28.8. The first-order valence-electron chi connectivity index (χ1n) is 16.0. The Hall–Kier alpha value is -4.04. The van der Waals surface area contributed by atoms with Crippen molar-refractivity contribution in [2.45, 2.75) is 77.0 Å². The monoisotopic (exact) mass is 663 g/mol. The van der Waals surface area contributed by atoms with Gasteiger partial charge in [0.2, 0.25) is 17.7 Å². The number of hydrogen-bond donors (Lipinski definition) is 3. The van der Waals surface area contributed by atoms with E-state index in [1.165, 1.54) is 4.90 Å². The summed E-state index contributed by atoms with van der Waals surface area (Å²) in [4.78, 5) is 31.6. The van der Waals surface area contributed by atoms with Gasteiger partial charge in [-0.05, 0) is 73.2 Å². The van der Waals surface area contributed by atoms with Gasteiger partial charge < -0.3 is 15.0 Å². The Labute approximate surface area is 277 Å². The van der Waals surface area contributed by atoms with Gasteiger partial charge in [0.25, 0.3) is 0 Å². The third-order valence-electron chi connectivity index (χ3n) is 8.86. The van der Waals surface area contributed by atoms with Crippen LogP contribution in [0.2, 0.25) is 0 Å². The zero-order chi connectivity index (χ0) is 33.9. The summed E-state index contributed by atoms with van der Waals surface area (Å²) in [5, 5.41) is 11.7. The normalized spacial score (nSPS) is 17.3. The molecule has 3 N–H and O–H groups in total. The predicted molar refractivity (Wildman–Crippen MR) is 182 cm³/mol. The maximum atomic E-state index is 13.4. The van der Waals surface area contributed by atoms with Gasteiger partial charge in [-0.1, -0.05) is 36.4 Å². The summed E-state index contributed by atoms with van der Waals surface area (Å²) in [6.45, 7) is 9.51. The lowest BCUT2D eigenvalue weighted by Crippen LogP contribution is -2.34. The zero-order valence-electron chi connectivity index (χ0n) is 27.9. The summed E-state index contributed by atoms with van der Waals surface area (Å²) in [5.74, 6) is -0.319. The SMILES string of the molecule is CC[C@@H]1CN(Cc2cc([C@H](CC(=O)NCCC(=O)N(C)C)c3ccc4c(nnn4CC)c3C)ccc2C)S(O)(O)c2cccnc2O1. The Morgan fingerprint density at radius 2 is 1.94 bits per heavy atom. The fourth-order valence-electron chi connectivity index (χ4n) is 5.97. The molecule has 4 aromatic rings. The minimum atomic E-state index is -3.40. The molecule has 2 aromatic carbocycles. The molecular formula is C34H45N7O5S. The van der Waals surface area contributed by atoms with Crippen molar-refractivity contribution in [2.24, 2.45) is 0 Å². The lowest BCUT2D eigenvalue weighted by molar-refractivity contribution is -0.128. The minimum Gasteiger partial charge on any atom is -0.472 e. The highest BCUT2D eigenvalue weighted by Crippen LogP contribution is 2.57. The molecule has 252 valence electrons. The molecule has 0 saturated carbocycles. The van der Waals surface area contributed by atoms with Crippen LogP contribution in [0, 0.1) is 13.8 Å². The number of fused-ring (bicyclic) bond motifs is 2. The number of aromatic nitrogens is 4. The van der Waals surface area contributed by atoms with Gasteiger partial charge in [0.05, 0.1) is 12.1 Å². The first kappa shape index (κ1) is 34.3. The number of carbonyl (C=O) groups is 2. The second-order valence-electron chi connectivity index (χ2n) is 12.2. The van der Waals surface area contributed by atoms with Gasteiger partial charge in [-0.2, -0.15) is 4.31 Å². The number of nitrogens with zero attached hydrogens (tertiary/aromatic N) is 6. The molecule has 1 aliphatic heterocycles. The van der Waals surface area contributed by atoms with Crippen LogP contribution in [0.1, 0.15) is 66.8 Å². The summed E-state index contributed by atoms with van der Waals surface area (Å²) < 4.78 is 32.8. The van der Waals surface area contributed by atoms with Crippen LogP contribution >= 0.6 is 10.8 Å². The highest BCUT2D eigenvalue weighted by molar-refractivity contribution is 8.22. The third kappa shape index (κ3) is 7.28. The van der Waals surface area contributed by atoms with Gasteiger partial charge >= 0.3 is 0 Å². The third-order valence-corrected chi connectivity index (χ3v) is 10.8. The van der Waals surface area contributed by atoms with Crippen LogP contribution in [0.15, 0.2) is 53.6 Å². The molecule has 2 amide bonds. The number of nitrogens with one attached hydrogen (secondary N) is 1. The Balaban J connectivity index is 1.51. The summed E-state index contributed by atoms with van der Waals surface area (Å²) in [6, 6.07) is 13.5. The van der Waals surface area contributed by atoms with E-state index in [0.29, 0.717) is 19.5 Å². The van der Waals surface area contributed by atoms with Crippen molar-refractivity contribution in [2.75, 3.05) is 27.2 Å². The Kier molecular flexibility index (Phi) is 10.5. The first-order chi connectivity index (χ1) is 22.4. The van der Waals surface area contributed by atoms with Gasteiger partial charge in [0.1, 0.15) is 16.5 Å². The number of hydrogen-bond acceptors (Lipinski definition) is 9. The fraction of sp³-hybridized carbons (Fsp3) is 0.441. The summed E-state index contributed by atoms with van der Waals surface area (Å²) in [7, 11) is -0.0170. The van der Waals surface area contributed by atoms with E-state index in [1.54, 1.807) is 36.7 Å². The summed E-state index contributed by atoms with van der Waals surface area (Å²) in [5.41, 5.74) is 6.41. The van der Waals surface area contributed by atoms with Crippen molar-refractivity contribution in [1.29, 1.82) is 0 Å². The number of rotatable bonds is 11. The van der Waals surface area contributed by atoms with Gasteiger partial charge in [0.15, 0.2) is 0 Å². The quantitative estimate of drug-likeness (QED) is 0.195. The molecule has 3 heterocycles. The van der Waals surface area contributed by atoms with Crippen LogP contribution in [0.5, 0.6) is 5.88 Å². The second-order valence-corrected chi connectivity index (χ2v) is 14.2. The number of carbonyl (C=O) groups excluding carboxylic acids is 2. The van der Waals surface area contributed by atoms with Gasteiger partial charge in [0, 0.05) is 58.7 Å². The molecule has 5 rings (SSSR count). The average Bonchev–Trinajstić information content (AvgIpc) is 3.44. The number of pyridine rings is 1. The lowest BCUT2D eigenvalue weighted by Gasteiger charge is -2.41. The second kappa shape index (κ2) is 14.4. The van der Waals surface area contributed by atoms with Crippen molar-refractivity contribution >= 4 is 33.6 Å². The molecule has 0 bridgehead atoms. The molecule has 0 unspecified atom stereocenters. The van der Waals surface area contributed by atoms with Gasteiger partial charge in [-0.3, -0.25) is 18.7 Å². The maximum absolute atomic E-state index is 13.4. The van der Waals surface area contributed by atoms with E-state index in [1.807, 2.05) is 56.6 Å². The summed E-state index contributed by atoms with van der Waals surface area (Å²) in [6.07, 6.45) is 2.34. The fourth-order valence-corrected chi connectivity index (χ4v) is 7.53. The van der Waals surface area contributed by atoms with Crippen LogP contribution < -0.4 is 10.1 Å². The van der Waals surface area contributed by atoms with Gasteiger partial charge in [-0.25, -0.2) is 9.67 Å². The van der Waals surface area contributed by atoms with Gasteiger partial charge in [-0.15, -0.1) is 15.9 Å². The summed E-state index contributed by atoms with van der Waals surface area (Å²) >= 11 is 0. The molecule has 13 heteroatoms. The Morgan fingerprint density at radius 3 is 2.66 bits per heavy atom. The molecule has 0 fully saturated rings. The standard InChI is InChI=1S/C34H45N7O5S/c1-7-26-21-40(47(44,45)30-10-9-16-36-34(30)46-26)20-25-18-24(12-11-22(25)3)28(19-31(42)35-17-15-32(43)39(5)6)27-13-14-29-33(23(27)4)37-38-41(29)8-2/h9-14,16,18,26,28,44-45H,7-8,15,17,19-21H2,1-6H3,(H,35,42)/t26-,28+/m1/s1. The van der Waals surface area contributed by atoms with E-state index >= 15 is 0 Å². The van der Waals surface area contributed by atoms with Crippen LogP contribution in [-0.4, -0.2) is 83.4 Å². The van der Waals surface area contributed by atoms with Crippen molar-refractivity contribution in [3.63, 3.8) is 0 Å². The van der Waals surface area contributed by atoms with Crippen LogP contribution in [0.4, 0.5) is 0 Å². The smallest absolute Gasteiger partial charge is 0.239 e. The minimum absolute atomic E-state index is 0.0565. The first-order valence-corrected chi connectivity index (χ1v) is 17.5. The molecule has 2 atom stereocenters. The molecule has 12 nitrogen and oxygen atoms in total. The molecule has 47 heavy (non-hydrogen) atoms. The molecule has 2 aromatic heterocycles. The van der Waals surface area contributed by atoms with Crippen molar-refractivity contribution in [3.05, 3.63) is 76.5 Å². The van der Waals surface area contributed by atoms with E-state index in [9.17, 15) is 18.7 Å². The largest absolute Gasteiger partial charge is 0.472 e. The van der Waals surface area contributed by atoms with Crippen molar-refractivity contribution in [1.82, 2.24) is 34.5 Å². The van der Waals surface area contributed by atoms with E-state index in [2.05, 4.69) is 26.7 Å². The van der Waals surface area contributed by atoms with Crippen LogP contribution in [0.3, 0.4) is 0 Å². The highest BCUT2D eigenvalue weighted by atomic mass is 32.3. The molecular weight excluding hydrogens is 618 g/mol. The number of amides is 2. The molecule has 0 aliphatic carbocycles. The maximum Gasteiger partial charge on any atom is 0.239 e. The topological polar surface area (TPSA) is 146 Å². The number of ether oxygens (including phenoxy) is 1. The predicted octanol–water partition coefficient (Wildman–Crippen LogP) is 5.28. The number of benzene rings is 2. The lowest BCUT2D eigenvalue weighted by atomic mass is 9.84. The van der Waals surface area contributed by atoms with E-state index in [-0.39, 0.29) is 60.5 Å². The molecule has 0 radical (unpaired) electrons. The van der Waals surface area contributed by atoms with E-state index in [4.69, 9.17) is 4.74 Å². The van der Waals surface area contributed by atoms with Crippen molar-refractivity contribution < 1.29 is 23.4 Å². The molecule has 1 aliphatic rings. The van der Waals surface area contributed by atoms with E-state index in [0.717, 1.165) is 38.9 Å². The Bertz CT molecular complexity index is 1760. The molecule has 0 saturated heterocycles. The highest BCUT2D eigenvalue weighted by Gasteiger charge is 2.36. The van der Waals surface area contributed by atoms with Crippen LogP contribution in [0.25, 0.3) is 11.0 Å². The average molecular weight is 664 g/mol. The van der Waals surface area contributed by atoms with E-state index < -0.39 is 10.8 Å². The Morgan fingerprint density at radius 1 is 1.15 bits per heavy atom. The van der Waals surface area contributed by atoms with Crippen LogP contribution in [-0.2, 0) is 22.7 Å². The molecule has 0 spiro atoms.